The van der Waals surface area contributed by atoms with Gasteiger partial charge in [-0.1, -0.05) is 76.6 Å². The summed E-state index contributed by atoms with van der Waals surface area (Å²) in [7, 11) is 0. The molecule has 1 nitrogen and oxygen atoms in total. The van der Waals surface area contributed by atoms with Crippen molar-refractivity contribution >= 4 is 23.5 Å². The molecule has 1 saturated heterocycles. The van der Waals surface area contributed by atoms with Crippen molar-refractivity contribution in [2.75, 3.05) is 11.5 Å². The summed E-state index contributed by atoms with van der Waals surface area (Å²) < 4.78 is 0.623. The van der Waals surface area contributed by atoms with Crippen LogP contribution in [0, 0.1) is 22.7 Å². The van der Waals surface area contributed by atoms with Gasteiger partial charge in [0.05, 0.1) is 16.1 Å². The van der Waals surface area contributed by atoms with Gasteiger partial charge in [0.1, 0.15) is 0 Å². The molecule has 3 rings (SSSR count). The van der Waals surface area contributed by atoms with Gasteiger partial charge in [-0.05, 0) is 73.0 Å². The molecule has 1 aromatic rings. The number of nitriles is 1. The molecule has 1 aromatic carbocycles. The zero-order valence-corrected chi connectivity index (χ0v) is 20.8. The summed E-state index contributed by atoms with van der Waals surface area (Å²) >= 11 is 4.33. The molecular weight excluding hydrogens is 402 g/mol. The summed E-state index contributed by atoms with van der Waals surface area (Å²) in [6.45, 7) is 4.54. The van der Waals surface area contributed by atoms with Crippen molar-refractivity contribution in [1.82, 2.24) is 0 Å². The number of thioether (sulfide) groups is 2. The molecule has 0 aromatic heterocycles. The maximum absolute atomic E-state index is 9.80. The first-order chi connectivity index (χ1) is 14.7. The van der Waals surface area contributed by atoms with Crippen LogP contribution in [-0.2, 0) is 0 Å². The van der Waals surface area contributed by atoms with E-state index in [4.69, 9.17) is 0 Å². The third kappa shape index (κ3) is 6.70. The molecule has 0 unspecified atom stereocenters. The van der Waals surface area contributed by atoms with Crippen molar-refractivity contribution in [2.45, 2.75) is 101 Å². The summed E-state index contributed by atoms with van der Waals surface area (Å²) in [5, 5.41) is 9.80. The van der Waals surface area contributed by atoms with E-state index in [-0.39, 0.29) is 5.41 Å². The minimum absolute atomic E-state index is 0.0331. The highest BCUT2D eigenvalue weighted by atomic mass is 32.2. The maximum Gasteiger partial charge on any atom is 0.0751 e. The number of nitrogens with zero attached hydrogens (tertiary/aromatic N) is 1. The van der Waals surface area contributed by atoms with E-state index in [1.54, 1.807) is 0 Å². The molecule has 2 aliphatic rings. The quantitative estimate of drug-likeness (QED) is 0.337. The molecule has 166 valence electrons. The Morgan fingerprint density at radius 3 is 2.10 bits per heavy atom. The lowest BCUT2D eigenvalue weighted by atomic mass is 9.67. The number of rotatable bonds is 10. The molecule has 0 radical (unpaired) electrons. The van der Waals surface area contributed by atoms with Gasteiger partial charge in [-0.3, -0.25) is 0 Å². The Labute approximate surface area is 194 Å². The van der Waals surface area contributed by atoms with Crippen molar-refractivity contribution in [3.8, 4) is 6.07 Å². The highest BCUT2D eigenvalue weighted by Gasteiger charge is 2.35. The molecule has 1 heterocycles. The van der Waals surface area contributed by atoms with Crippen molar-refractivity contribution < 1.29 is 0 Å². The summed E-state index contributed by atoms with van der Waals surface area (Å²) in [5.74, 6) is 4.24. The fraction of sp³-hybridized carbons (Fsp3) is 0.741. The van der Waals surface area contributed by atoms with Gasteiger partial charge >= 0.3 is 0 Å². The van der Waals surface area contributed by atoms with Crippen molar-refractivity contribution in [2.24, 2.45) is 11.3 Å². The smallest absolute Gasteiger partial charge is 0.0751 e. The van der Waals surface area contributed by atoms with Crippen LogP contribution in [0.4, 0.5) is 0 Å². The van der Waals surface area contributed by atoms with E-state index in [2.05, 4.69) is 67.7 Å². The monoisotopic (exact) mass is 443 g/mol. The minimum atomic E-state index is -0.0331. The summed E-state index contributed by atoms with van der Waals surface area (Å²) in [4.78, 5) is 0. The molecule has 30 heavy (non-hydrogen) atoms. The lowest BCUT2D eigenvalue weighted by Gasteiger charge is -2.35. The van der Waals surface area contributed by atoms with Crippen LogP contribution in [-0.4, -0.2) is 11.5 Å². The molecule has 2 fully saturated rings. The van der Waals surface area contributed by atoms with Crippen LogP contribution in [0.25, 0.3) is 0 Å². The Bertz CT molecular complexity index is 646. The average molecular weight is 444 g/mol. The van der Waals surface area contributed by atoms with E-state index < -0.39 is 0 Å². The first kappa shape index (κ1) is 24.1. The fourth-order valence-electron chi connectivity index (χ4n) is 5.15. The third-order valence-corrected chi connectivity index (χ3v) is 10.6. The fourth-order valence-corrected chi connectivity index (χ4v) is 8.31. The summed E-state index contributed by atoms with van der Waals surface area (Å²) in [5.41, 5.74) is 2.97. The van der Waals surface area contributed by atoms with Gasteiger partial charge in [-0.25, -0.2) is 0 Å². The Hall–Kier alpha value is -0.590. The van der Waals surface area contributed by atoms with Gasteiger partial charge in [0.25, 0.3) is 0 Å². The molecule has 0 N–H and O–H groups in total. The van der Waals surface area contributed by atoms with Crippen LogP contribution >= 0.6 is 23.5 Å². The van der Waals surface area contributed by atoms with E-state index >= 15 is 0 Å². The van der Waals surface area contributed by atoms with Crippen LogP contribution in [0.1, 0.15) is 113 Å². The molecule has 1 aliphatic carbocycles. The van der Waals surface area contributed by atoms with E-state index in [0.29, 0.717) is 10.5 Å². The van der Waals surface area contributed by atoms with Crippen LogP contribution in [0.5, 0.6) is 0 Å². The number of hydrogen-bond donors (Lipinski definition) is 0. The Balaban J connectivity index is 1.47. The second-order valence-corrected chi connectivity index (χ2v) is 12.2. The van der Waals surface area contributed by atoms with Gasteiger partial charge < -0.3 is 0 Å². The largest absolute Gasteiger partial charge is 0.198 e. The van der Waals surface area contributed by atoms with Gasteiger partial charge in [0.15, 0.2) is 0 Å². The van der Waals surface area contributed by atoms with E-state index in [0.717, 1.165) is 25.2 Å². The van der Waals surface area contributed by atoms with Crippen molar-refractivity contribution in [3.63, 3.8) is 0 Å². The highest BCUT2D eigenvalue weighted by molar-refractivity contribution is 8.16. The zero-order valence-electron chi connectivity index (χ0n) is 19.2. The average Bonchev–Trinajstić information content (AvgIpc) is 2.80. The van der Waals surface area contributed by atoms with Gasteiger partial charge in [-0.2, -0.15) is 5.26 Å². The SMILES string of the molecule is CCCCCC1CSC(c2ccc(C3CCC(C#N)(CCCCC)CC3)cc2)SC1. The number of unbranched alkanes of at least 4 members (excludes halogenated alkanes) is 4. The highest BCUT2D eigenvalue weighted by Crippen LogP contribution is 2.48. The van der Waals surface area contributed by atoms with Gasteiger partial charge in [0.2, 0.25) is 0 Å². The normalized spacial score (nSPS) is 29.4. The lowest BCUT2D eigenvalue weighted by Crippen LogP contribution is -2.25. The third-order valence-electron chi connectivity index (χ3n) is 7.30. The summed E-state index contributed by atoms with van der Waals surface area (Å²) in [6.07, 6.45) is 15.0. The van der Waals surface area contributed by atoms with Crippen LogP contribution < -0.4 is 0 Å². The second kappa shape index (κ2) is 12.4. The Kier molecular flexibility index (Phi) is 9.98. The van der Waals surface area contributed by atoms with Gasteiger partial charge in [-0.15, -0.1) is 23.5 Å². The minimum Gasteiger partial charge on any atom is -0.198 e. The first-order valence-electron chi connectivity index (χ1n) is 12.4. The number of benzene rings is 1. The Morgan fingerprint density at radius 2 is 1.50 bits per heavy atom. The first-order valence-corrected chi connectivity index (χ1v) is 14.5. The van der Waals surface area contributed by atoms with Crippen molar-refractivity contribution in [3.05, 3.63) is 35.4 Å². The van der Waals surface area contributed by atoms with Crippen LogP contribution in [0.15, 0.2) is 24.3 Å². The van der Waals surface area contributed by atoms with E-state index in [9.17, 15) is 5.26 Å². The topological polar surface area (TPSA) is 23.8 Å². The number of hydrogen-bond acceptors (Lipinski definition) is 3. The zero-order chi connectivity index (χ0) is 21.2. The maximum atomic E-state index is 9.80. The molecule has 1 saturated carbocycles. The van der Waals surface area contributed by atoms with Crippen molar-refractivity contribution in [1.29, 1.82) is 5.26 Å². The molecule has 0 amide bonds. The molecule has 3 heteroatoms. The standard InChI is InChI=1S/C27H41NS2/c1-3-5-7-9-22-19-29-26(30-20-22)25-12-10-23(11-13-25)24-14-17-27(21-28,18-15-24)16-8-6-4-2/h10-13,22,24,26H,3-9,14-20H2,1-2H3. The molecule has 1 aliphatic heterocycles. The van der Waals surface area contributed by atoms with Crippen LogP contribution in [0.3, 0.4) is 0 Å². The van der Waals surface area contributed by atoms with Crippen LogP contribution in [0.2, 0.25) is 0 Å². The predicted octanol–water partition coefficient (Wildman–Crippen LogP) is 9.11. The van der Waals surface area contributed by atoms with Gasteiger partial charge in [0, 0.05) is 0 Å². The molecule has 0 bridgehead atoms. The van der Waals surface area contributed by atoms with E-state index in [1.807, 2.05) is 0 Å². The molecular formula is C27H41NS2. The molecule has 0 atom stereocenters. The lowest BCUT2D eigenvalue weighted by molar-refractivity contribution is 0.223. The van der Waals surface area contributed by atoms with E-state index in [1.165, 1.54) is 80.4 Å². The predicted molar refractivity (Wildman–Crippen MR) is 135 cm³/mol. The summed E-state index contributed by atoms with van der Waals surface area (Å²) in [6, 6.07) is 12.3. The molecule has 0 spiro atoms. The Morgan fingerprint density at radius 1 is 0.900 bits per heavy atom. The second-order valence-electron chi connectivity index (χ2n) is 9.65.